The number of esters is 1. The zero-order valence-corrected chi connectivity index (χ0v) is 37.7. The van der Waals surface area contributed by atoms with E-state index in [1.54, 1.807) is 0 Å². The Balaban J connectivity index is 2.72. The summed E-state index contributed by atoms with van der Waals surface area (Å²) in [6, 6.07) is 1.89. The van der Waals surface area contributed by atoms with Crippen molar-refractivity contribution in [1.29, 1.82) is 0 Å². The molecule has 0 heterocycles. The highest BCUT2D eigenvalue weighted by atomic mass is 16.5. The fourth-order valence-electron chi connectivity index (χ4n) is 7.65. The van der Waals surface area contributed by atoms with Crippen LogP contribution in [0, 0.1) is 13.8 Å². The predicted molar refractivity (Wildman–Crippen MR) is 242 cm³/mol. The van der Waals surface area contributed by atoms with Crippen LogP contribution in [-0.4, -0.2) is 17.8 Å². The van der Waals surface area contributed by atoms with Gasteiger partial charge in [0, 0.05) is 19.3 Å². The monoisotopic (exact) mass is 783 g/mol. The fourth-order valence-corrected chi connectivity index (χ4v) is 7.65. The molecule has 1 aromatic carbocycles. The molecule has 0 fully saturated rings. The molecule has 2 amide bonds. The van der Waals surface area contributed by atoms with E-state index in [0.717, 1.165) is 68.9 Å². The Morgan fingerprint density at radius 1 is 0.429 bits per heavy atom. The van der Waals surface area contributed by atoms with Crippen molar-refractivity contribution in [2.24, 2.45) is 0 Å². The fraction of sp³-hybridized carbons (Fsp3) is 0.820. The Morgan fingerprint density at radius 2 is 0.732 bits per heavy atom. The Kier molecular flexibility index (Phi) is 34.1. The SMILES string of the molecule is CCCCCCCCCCCCCC(=O)Nc1cc(C)c(C)c(NC(=O)CCCCCCCCCCCCC)c1OC(=O)CCCCCCCCCCCCC. The first-order valence-corrected chi connectivity index (χ1v) is 24.3. The number of ether oxygens (including phenoxy) is 1. The first kappa shape index (κ1) is 51.6. The highest BCUT2D eigenvalue weighted by molar-refractivity contribution is 5.99. The third-order valence-electron chi connectivity index (χ3n) is 11.6. The second-order valence-electron chi connectivity index (χ2n) is 17.0. The topological polar surface area (TPSA) is 84.5 Å². The second-order valence-corrected chi connectivity index (χ2v) is 17.0. The van der Waals surface area contributed by atoms with Gasteiger partial charge in [0.1, 0.15) is 0 Å². The van der Waals surface area contributed by atoms with Crippen molar-refractivity contribution in [2.75, 3.05) is 10.6 Å². The molecule has 6 heteroatoms. The molecule has 0 saturated carbocycles. The lowest BCUT2D eigenvalue weighted by Crippen LogP contribution is -2.19. The molecule has 324 valence electrons. The number of anilines is 2. The van der Waals surface area contributed by atoms with E-state index in [9.17, 15) is 14.4 Å². The Hall–Kier alpha value is -2.37. The van der Waals surface area contributed by atoms with Crippen LogP contribution in [0.2, 0.25) is 0 Å². The van der Waals surface area contributed by atoms with E-state index in [1.807, 2.05) is 19.9 Å². The van der Waals surface area contributed by atoms with Crippen molar-refractivity contribution in [3.8, 4) is 5.75 Å². The number of nitrogens with one attached hydrogen (secondary N) is 2. The van der Waals surface area contributed by atoms with E-state index in [0.29, 0.717) is 30.6 Å². The number of hydrogen-bond acceptors (Lipinski definition) is 4. The van der Waals surface area contributed by atoms with E-state index >= 15 is 0 Å². The summed E-state index contributed by atoms with van der Waals surface area (Å²) < 4.78 is 6.06. The van der Waals surface area contributed by atoms with Gasteiger partial charge in [-0.3, -0.25) is 14.4 Å². The molecule has 0 aliphatic rings. The first-order chi connectivity index (χ1) is 27.3. The van der Waals surface area contributed by atoms with Crippen molar-refractivity contribution in [2.45, 2.75) is 266 Å². The van der Waals surface area contributed by atoms with Gasteiger partial charge in [-0.05, 0) is 50.3 Å². The molecule has 0 unspecified atom stereocenters. The summed E-state index contributed by atoms with van der Waals surface area (Å²) >= 11 is 0. The summed E-state index contributed by atoms with van der Waals surface area (Å²) in [4.78, 5) is 39.8. The Morgan fingerprint density at radius 3 is 1.09 bits per heavy atom. The van der Waals surface area contributed by atoms with Crippen LogP contribution in [0.4, 0.5) is 11.4 Å². The average Bonchev–Trinajstić information content (AvgIpc) is 3.18. The minimum absolute atomic E-state index is 0.0736. The molecule has 1 aromatic rings. The van der Waals surface area contributed by atoms with Gasteiger partial charge in [-0.25, -0.2) is 0 Å². The van der Waals surface area contributed by atoms with Gasteiger partial charge in [-0.1, -0.05) is 213 Å². The molecule has 0 spiro atoms. The van der Waals surface area contributed by atoms with Crippen molar-refractivity contribution in [3.63, 3.8) is 0 Å². The highest BCUT2D eigenvalue weighted by Crippen LogP contribution is 2.39. The maximum atomic E-state index is 13.3. The minimum atomic E-state index is -0.314. The first-order valence-electron chi connectivity index (χ1n) is 24.3. The number of aryl methyl sites for hydroxylation is 1. The molecule has 0 aliphatic heterocycles. The van der Waals surface area contributed by atoms with E-state index in [1.165, 1.54) is 154 Å². The van der Waals surface area contributed by atoms with Crippen molar-refractivity contribution < 1.29 is 19.1 Å². The Bertz CT molecular complexity index is 1130. The molecule has 6 nitrogen and oxygen atoms in total. The maximum absolute atomic E-state index is 13.3. The number of carbonyl (C=O) groups is 3. The molecule has 2 N–H and O–H groups in total. The molecule has 56 heavy (non-hydrogen) atoms. The summed E-state index contributed by atoms with van der Waals surface area (Å²) in [5.74, 6) is -0.188. The second kappa shape index (κ2) is 36.9. The third-order valence-corrected chi connectivity index (χ3v) is 11.6. The van der Waals surface area contributed by atoms with Gasteiger partial charge in [0.25, 0.3) is 0 Å². The van der Waals surface area contributed by atoms with E-state index in [4.69, 9.17) is 4.74 Å². The quantitative estimate of drug-likeness (QED) is 0.0396. The van der Waals surface area contributed by atoms with E-state index < -0.39 is 0 Å². The third kappa shape index (κ3) is 28.1. The summed E-state index contributed by atoms with van der Waals surface area (Å²) in [6.45, 7) is 10.7. The molecular weight excluding hydrogens is 693 g/mol. The van der Waals surface area contributed by atoms with Crippen LogP contribution in [0.5, 0.6) is 5.75 Å². The molecule has 0 saturated heterocycles. The number of hydrogen-bond donors (Lipinski definition) is 2. The number of unbranched alkanes of at least 4 members (excludes halogenated alkanes) is 30. The van der Waals surface area contributed by atoms with Gasteiger partial charge in [-0.2, -0.15) is 0 Å². The average molecular weight is 783 g/mol. The highest BCUT2D eigenvalue weighted by Gasteiger charge is 2.21. The largest absolute Gasteiger partial charge is 0.422 e. The van der Waals surface area contributed by atoms with Crippen molar-refractivity contribution in [1.82, 2.24) is 0 Å². The summed E-state index contributed by atoms with van der Waals surface area (Å²) in [5, 5.41) is 6.18. The van der Waals surface area contributed by atoms with Crippen LogP contribution >= 0.6 is 0 Å². The smallest absolute Gasteiger partial charge is 0.311 e. The zero-order chi connectivity index (χ0) is 40.9. The van der Waals surface area contributed by atoms with Gasteiger partial charge in [0.15, 0.2) is 5.75 Å². The zero-order valence-electron chi connectivity index (χ0n) is 37.7. The van der Waals surface area contributed by atoms with Crippen molar-refractivity contribution in [3.05, 3.63) is 17.2 Å². The molecule has 0 atom stereocenters. The van der Waals surface area contributed by atoms with Crippen LogP contribution in [-0.2, 0) is 14.4 Å². The lowest BCUT2D eigenvalue weighted by molar-refractivity contribution is -0.134. The van der Waals surface area contributed by atoms with Gasteiger partial charge < -0.3 is 15.4 Å². The summed E-state index contributed by atoms with van der Waals surface area (Å²) in [5.41, 5.74) is 2.78. The molecule has 0 aliphatic carbocycles. The van der Waals surface area contributed by atoms with Crippen LogP contribution in [0.1, 0.15) is 263 Å². The minimum Gasteiger partial charge on any atom is -0.422 e. The molecule has 0 radical (unpaired) electrons. The van der Waals surface area contributed by atoms with Gasteiger partial charge >= 0.3 is 5.97 Å². The molecule has 0 aromatic heterocycles. The molecule has 0 bridgehead atoms. The van der Waals surface area contributed by atoms with Crippen LogP contribution in [0.15, 0.2) is 6.07 Å². The number of rotatable bonds is 39. The summed E-state index contributed by atoms with van der Waals surface area (Å²) in [6.07, 6.45) is 41.7. The van der Waals surface area contributed by atoms with E-state index in [-0.39, 0.29) is 23.5 Å². The summed E-state index contributed by atoms with van der Waals surface area (Å²) in [7, 11) is 0. The Labute approximate surface area is 346 Å². The van der Waals surface area contributed by atoms with Crippen molar-refractivity contribution >= 4 is 29.2 Å². The molecular formula is C50H90N2O4. The van der Waals surface area contributed by atoms with E-state index in [2.05, 4.69) is 31.4 Å². The van der Waals surface area contributed by atoms with Crippen LogP contribution < -0.4 is 15.4 Å². The van der Waals surface area contributed by atoms with Gasteiger partial charge in [-0.15, -0.1) is 0 Å². The maximum Gasteiger partial charge on any atom is 0.311 e. The predicted octanol–water partition coefficient (Wildman–Crippen LogP) is 16.2. The van der Waals surface area contributed by atoms with Crippen LogP contribution in [0.25, 0.3) is 0 Å². The number of amides is 2. The van der Waals surface area contributed by atoms with Gasteiger partial charge in [0.05, 0.1) is 11.4 Å². The van der Waals surface area contributed by atoms with Crippen LogP contribution in [0.3, 0.4) is 0 Å². The van der Waals surface area contributed by atoms with Gasteiger partial charge in [0.2, 0.25) is 11.8 Å². The lowest BCUT2D eigenvalue weighted by Gasteiger charge is -2.20. The molecule has 1 rings (SSSR count). The number of carbonyl (C=O) groups excluding carboxylic acids is 3. The standard InChI is InChI=1S/C50H90N2O4/c1-6-9-12-15-18-21-24-27-30-33-36-39-46(53)51-45-42-43(4)44(5)49(52-47(54)40-37-34-31-28-25-22-19-16-13-10-7-2)50(45)56-48(55)41-38-35-32-29-26-23-20-17-14-11-8-3/h42H,6-41H2,1-5H3,(H,51,53)(H,52,54). The normalized spacial score (nSPS) is 11.2. The number of benzene rings is 1. The lowest BCUT2D eigenvalue weighted by atomic mass is 10.0.